The van der Waals surface area contributed by atoms with Gasteiger partial charge in [-0.3, -0.25) is 19.1 Å². The molecule has 1 atom stereocenters. The number of nitrogens with one attached hydrogen (secondary N) is 1. The Morgan fingerprint density at radius 2 is 2.00 bits per heavy atom. The molecule has 3 amide bonds. The molecule has 4 rings (SSSR count). The zero-order valence-corrected chi connectivity index (χ0v) is 19.5. The maximum absolute atomic E-state index is 13.3. The van der Waals surface area contributed by atoms with Gasteiger partial charge in [-0.2, -0.15) is 0 Å². The molecule has 3 aromatic rings. The van der Waals surface area contributed by atoms with Crippen LogP contribution in [0.3, 0.4) is 0 Å². The van der Waals surface area contributed by atoms with Gasteiger partial charge in [0.25, 0.3) is 5.56 Å². The smallest absolute Gasteiger partial charge is 0.324 e. The number of nitrogens with zero attached hydrogens (tertiary/aromatic N) is 3. The minimum atomic E-state index is -0.600. The van der Waals surface area contributed by atoms with Crippen molar-refractivity contribution in [2.24, 2.45) is 0 Å². The molecule has 7 nitrogen and oxygen atoms in total. The first-order valence-electron chi connectivity index (χ1n) is 10.0. The molecule has 166 valence electrons. The lowest BCUT2D eigenvalue weighted by atomic mass is 10.1. The number of thioether (sulfide) groups is 1. The summed E-state index contributed by atoms with van der Waals surface area (Å²) in [7, 11) is 0. The second-order valence-corrected chi connectivity index (χ2v) is 9.49. The van der Waals surface area contributed by atoms with Crippen molar-refractivity contribution in [2.45, 2.75) is 30.3 Å². The highest BCUT2D eigenvalue weighted by molar-refractivity contribution is 8.00. The van der Waals surface area contributed by atoms with Gasteiger partial charge in [0.2, 0.25) is 5.91 Å². The molecular weight excluding hydrogens is 471 g/mol. The molecule has 0 radical (unpaired) electrons. The van der Waals surface area contributed by atoms with E-state index in [1.165, 1.54) is 4.90 Å². The Hall–Kier alpha value is -2.55. The van der Waals surface area contributed by atoms with E-state index in [1.807, 2.05) is 12.1 Å². The van der Waals surface area contributed by atoms with E-state index in [0.717, 1.165) is 17.3 Å². The number of aryl methyl sites for hydroxylation is 1. The van der Waals surface area contributed by atoms with Crippen LogP contribution in [-0.2, 0) is 17.8 Å². The molecule has 2 aromatic carbocycles. The molecule has 0 bridgehead atoms. The Labute approximate surface area is 198 Å². The van der Waals surface area contributed by atoms with Gasteiger partial charge in [0.1, 0.15) is 0 Å². The van der Waals surface area contributed by atoms with E-state index in [4.69, 9.17) is 23.2 Å². The summed E-state index contributed by atoms with van der Waals surface area (Å²) in [6.45, 7) is 2.80. The third-order valence-corrected chi connectivity index (χ3v) is 6.86. The van der Waals surface area contributed by atoms with Gasteiger partial charge < -0.3 is 5.32 Å². The molecule has 32 heavy (non-hydrogen) atoms. The van der Waals surface area contributed by atoms with E-state index >= 15 is 0 Å². The number of benzene rings is 2. The quantitative estimate of drug-likeness (QED) is 0.417. The predicted octanol–water partition coefficient (Wildman–Crippen LogP) is 3.98. The Bertz CT molecular complexity index is 1260. The summed E-state index contributed by atoms with van der Waals surface area (Å²) in [4.78, 5) is 43.8. The zero-order valence-electron chi connectivity index (χ0n) is 17.2. The van der Waals surface area contributed by atoms with Gasteiger partial charge in [-0.25, -0.2) is 9.78 Å². The number of hydrogen-bond acceptors (Lipinski definition) is 5. The molecule has 1 saturated heterocycles. The molecule has 10 heteroatoms. The number of halogens is 2. The normalized spacial score (nSPS) is 14.6. The van der Waals surface area contributed by atoms with Crippen molar-refractivity contribution < 1.29 is 9.59 Å². The first-order chi connectivity index (χ1) is 15.3. The summed E-state index contributed by atoms with van der Waals surface area (Å²) < 4.78 is 1.56. The van der Waals surface area contributed by atoms with E-state index in [0.29, 0.717) is 52.2 Å². The van der Waals surface area contributed by atoms with Crippen LogP contribution in [-0.4, -0.2) is 44.7 Å². The number of urea groups is 1. The Balaban J connectivity index is 1.66. The summed E-state index contributed by atoms with van der Waals surface area (Å²) in [5.41, 5.74) is 1.21. The topological polar surface area (TPSA) is 84.3 Å². The predicted molar refractivity (Wildman–Crippen MR) is 127 cm³/mol. The highest BCUT2D eigenvalue weighted by atomic mass is 35.5. The van der Waals surface area contributed by atoms with Crippen molar-refractivity contribution in [3.63, 3.8) is 0 Å². The summed E-state index contributed by atoms with van der Waals surface area (Å²) in [6.07, 6.45) is 0.486. The number of carbonyl (C=O) groups excluding carboxylic acids is 2. The van der Waals surface area contributed by atoms with E-state index < -0.39 is 11.3 Å². The van der Waals surface area contributed by atoms with Gasteiger partial charge in [0.15, 0.2) is 5.16 Å². The fourth-order valence-corrected chi connectivity index (χ4v) is 5.00. The molecule has 1 N–H and O–H groups in total. The third kappa shape index (κ3) is 4.62. The van der Waals surface area contributed by atoms with Crippen molar-refractivity contribution in [2.75, 3.05) is 13.1 Å². The number of imide groups is 1. The number of para-hydroxylation sites is 1. The zero-order chi connectivity index (χ0) is 22.8. The van der Waals surface area contributed by atoms with Gasteiger partial charge >= 0.3 is 6.03 Å². The lowest BCUT2D eigenvalue weighted by Gasteiger charge is -2.19. The Morgan fingerprint density at radius 3 is 2.72 bits per heavy atom. The largest absolute Gasteiger partial charge is 0.336 e. The summed E-state index contributed by atoms with van der Waals surface area (Å²) in [5.74, 6) is -0.320. The molecule has 1 fully saturated rings. The van der Waals surface area contributed by atoms with Crippen LogP contribution in [0.2, 0.25) is 10.0 Å². The van der Waals surface area contributed by atoms with Gasteiger partial charge in [0, 0.05) is 29.7 Å². The van der Waals surface area contributed by atoms with Crippen LogP contribution in [0.15, 0.2) is 52.4 Å². The van der Waals surface area contributed by atoms with Crippen LogP contribution in [0.4, 0.5) is 4.79 Å². The van der Waals surface area contributed by atoms with E-state index in [-0.39, 0.29) is 11.5 Å². The maximum atomic E-state index is 13.3. The first-order valence-corrected chi connectivity index (χ1v) is 11.7. The summed E-state index contributed by atoms with van der Waals surface area (Å²) in [6, 6.07) is 11.9. The highest BCUT2D eigenvalue weighted by Crippen LogP contribution is 2.26. The molecule has 0 aliphatic carbocycles. The molecule has 1 aliphatic heterocycles. The van der Waals surface area contributed by atoms with Crippen LogP contribution in [0.1, 0.15) is 12.5 Å². The highest BCUT2D eigenvalue weighted by Gasteiger charge is 2.31. The second-order valence-electron chi connectivity index (χ2n) is 7.34. The van der Waals surface area contributed by atoms with Crippen molar-refractivity contribution in [3.05, 3.63) is 68.4 Å². The van der Waals surface area contributed by atoms with E-state index in [1.54, 1.807) is 41.8 Å². The number of rotatable bonds is 6. The standard InChI is InChI=1S/C22H20Cl2N4O3S/c1-13(19(29)27-11-9-25-21(27)31)32-22-26-18-5-3-2-4-16(18)20(30)28(22)10-8-14-6-7-15(23)12-17(14)24/h2-7,12-13H,8-11H2,1H3,(H,25,31)/t13-/m1/s1. The number of hydrogen-bond donors (Lipinski definition) is 1. The maximum Gasteiger partial charge on any atom is 0.324 e. The van der Waals surface area contributed by atoms with Crippen molar-refractivity contribution in [1.29, 1.82) is 0 Å². The van der Waals surface area contributed by atoms with Crippen LogP contribution in [0.5, 0.6) is 0 Å². The van der Waals surface area contributed by atoms with Crippen LogP contribution in [0, 0.1) is 0 Å². The van der Waals surface area contributed by atoms with Gasteiger partial charge in [-0.15, -0.1) is 0 Å². The number of carbonyl (C=O) groups is 2. The number of aromatic nitrogens is 2. The van der Waals surface area contributed by atoms with Crippen LogP contribution in [0.25, 0.3) is 10.9 Å². The molecular formula is C22H20Cl2N4O3S. The third-order valence-electron chi connectivity index (χ3n) is 5.20. The fourth-order valence-electron chi connectivity index (χ4n) is 3.50. The van der Waals surface area contributed by atoms with Crippen molar-refractivity contribution in [3.8, 4) is 0 Å². The monoisotopic (exact) mass is 490 g/mol. The lowest BCUT2D eigenvalue weighted by Crippen LogP contribution is -2.39. The minimum Gasteiger partial charge on any atom is -0.336 e. The Kier molecular flexibility index (Phi) is 6.74. The average molecular weight is 491 g/mol. The van der Waals surface area contributed by atoms with Gasteiger partial charge in [-0.05, 0) is 43.2 Å². The van der Waals surface area contributed by atoms with E-state index in [2.05, 4.69) is 10.3 Å². The van der Waals surface area contributed by atoms with Gasteiger partial charge in [-0.1, -0.05) is 53.2 Å². The van der Waals surface area contributed by atoms with Crippen LogP contribution < -0.4 is 10.9 Å². The lowest BCUT2D eigenvalue weighted by molar-refractivity contribution is -0.126. The fraction of sp³-hybridized carbons (Fsp3) is 0.273. The van der Waals surface area contributed by atoms with Crippen molar-refractivity contribution >= 4 is 57.8 Å². The second kappa shape index (κ2) is 9.52. The van der Waals surface area contributed by atoms with E-state index in [9.17, 15) is 14.4 Å². The summed E-state index contributed by atoms with van der Waals surface area (Å²) >= 11 is 13.5. The molecule has 0 saturated carbocycles. The van der Waals surface area contributed by atoms with Gasteiger partial charge in [0.05, 0.1) is 16.2 Å². The number of fused-ring (bicyclic) bond motifs is 1. The molecule has 1 aromatic heterocycles. The SMILES string of the molecule is C[C@@H](Sc1nc2ccccc2c(=O)n1CCc1ccc(Cl)cc1Cl)C(=O)N1CCNC1=O. The summed E-state index contributed by atoms with van der Waals surface area (Å²) in [5, 5.41) is 4.00. The Morgan fingerprint density at radius 1 is 1.22 bits per heavy atom. The molecule has 1 aliphatic rings. The van der Waals surface area contributed by atoms with Crippen molar-refractivity contribution in [1.82, 2.24) is 19.8 Å². The minimum absolute atomic E-state index is 0.193. The molecule has 0 spiro atoms. The first kappa shape index (κ1) is 22.6. The van der Waals surface area contributed by atoms with Crippen LogP contribution >= 0.6 is 35.0 Å². The average Bonchev–Trinajstić information content (AvgIpc) is 3.20. The number of amides is 3. The molecule has 0 unspecified atom stereocenters. The molecule has 2 heterocycles.